The van der Waals surface area contributed by atoms with Crippen LogP contribution in [-0.4, -0.2) is 46.6 Å². The Morgan fingerprint density at radius 1 is 1.12 bits per heavy atom. The molecule has 178 valence electrons. The number of hydrogen-bond acceptors (Lipinski definition) is 5. The highest BCUT2D eigenvalue weighted by Crippen LogP contribution is 2.32. The fourth-order valence-corrected chi connectivity index (χ4v) is 4.15. The molecule has 1 saturated heterocycles. The molecular formula is C23H21F3N4O4. The Balaban J connectivity index is 1.48. The monoisotopic (exact) mass is 474 g/mol. The molecule has 34 heavy (non-hydrogen) atoms. The summed E-state index contributed by atoms with van der Waals surface area (Å²) in [4.78, 5) is 52.0. The molecule has 0 aromatic heterocycles. The quantitative estimate of drug-likeness (QED) is 0.666. The van der Waals surface area contributed by atoms with Gasteiger partial charge in [0.05, 0.1) is 11.6 Å². The van der Waals surface area contributed by atoms with Crippen LogP contribution >= 0.6 is 0 Å². The van der Waals surface area contributed by atoms with Gasteiger partial charge < -0.3 is 5.32 Å². The molecule has 4 rings (SSSR count). The van der Waals surface area contributed by atoms with E-state index in [1.807, 2.05) is 11.0 Å². The van der Waals surface area contributed by atoms with Crippen molar-refractivity contribution in [1.82, 2.24) is 15.1 Å². The minimum absolute atomic E-state index is 0.0956. The van der Waals surface area contributed by atoms with Crippen molar-refractivity contribution >= 4 is 29.4 Å². The Bertz CT molecular complexity index is 1180. The van der Waals surface area contributed by atoms with Gasteiger partial charge in [0.2, 0.25) is 11.8 Å². The number of benzene rings is 2. The number of hydrogen-bond donors (Lipinski definition) is 2. The number of carbonyl (C=O) groups is 4. The van der Waals surface area contributed by atoms with Crippen molar-refractivity contribution in [3.63, 3.8) is 0 Å². The Hall–Kier alpha value is -3.73. The summed E-state index contributed by atoms with van der Waals surface area (Å²) >= 11 is 0. The van der Waals surface area contributed by atoms with E-state index < -0.39 is 29.7 Å². The number of piperidine rings is 1. The molecule has 2 heterocycles. The van der Waals surface area contributed by atoms with E-state index in [1.54, 1.807) is 12.1 Å². The highest BCUT2D eigenvalue weighted by Gasteiger charge is 2.36. The second-order valence-electron chi connectivity index (χ2n) is 8.19. The number of amides is 5. The predicted molar refractivity (Wildman–Crippen MR) is 114 cm³/mol. The predicted octanol–water partition coefficient (Wildman–Crippen LogP) is 3.13. The van der Waals surface area contributed by atoms with Crippen molar-refractivity contribution in [2.75, 3.05) is 12.4 Å². The molecule has 0 radical (unpaired) electrons. The molecule has 2 aliphatic heterocycles. The van der Waals surface area contributed by atoms with E-state index in [0.29, 0.717) is 18.5 Å². The number of urea groups is 1. The van der Waals surface area contributed by atoms with Crippen LogP contribution in [0.25, 0.3) is 0 Å². The Morgan fingerprint density at radius 3 is 2.56 bits per heavy atom. The lowest BCUT2D eigenvalue weighted by molar-refractivity contribution is -0.138. The smallest absolute Gasteiger partial charge is 0.307 e. The lowest BCUT2D eigenvalue weighted by atomic mass is 10.0. The standard InChI is InChI=1S/C23H21F3N4O4/c1-29(22(34)27-15-6-3-5-14(10-15)23(24,25)26)21(33)16-7-2-4-13-11-30(12-17(13)16)18-8-9-19(31)28-20(18)32/h2-7,10,18H,8-9,11-12H2,1H3,(H,27,34)(H,28,31,32). The van der Waals surface area contributed by atoms with E-state index in [4.69, 9.17) is 0 Å². The van der Waals surface area contributed by atoms with Crippen LogP contribution in [-0.2, 0) is 28.9 Å². The minimum atomic E-state index is -4.57. The fourth-order valence-electron chi connectivity index (χ4n) is 4.15. The van der Waals surface area contributed by atoms with Gasteiger partial charge >= 0.3 is 12.2 Å². The topological polar surface area (TPSA) is 98.8 Å². The maximum Gasteiger partial charge on any atom is 0.416 e. The largest absolute Gasteiger partial charge is 0.416 e. The van der Waals surface area contributed by atoms with E-state index in [-0.39, 0.29) is 36.0 Å². The molecule has 2 N–H and O–H groups in total. The lowest BCUT2D eigenvalue weighted by Gasteiger charge is -2.29. The number of anilines is 1. The SMILES string of the molecule is CN(C(=O)Nc1cccc(C(F)(F)F)c1)C(=O)c1cccc2c1CN(C1CCC(=O)NC1=O)C2. The summed E-state index contributed by atoms with van der Waals surface area (Å²) < 4.78 is 38.8. The highest BCUT2D eigenvalue weighted by atomic mass is 19.4. The van der Waals surface area contributed by atoms with Gasteiger partial charge in [-0.05, 0) is 41.8 Å². The zero-order chi connectivity index (χ0) is 24.6. The molecule has 5 amide bonds. The van der Waals surface area contributed by atoms with Crippen molar-refractivity contribution in [3.8, 4) is 0 Å². The summed E-state index contributed by atoms with van der Waals surface area (Å²) in [6.07, 6.45) is -3.96. The number of halogens is 3. The van der Waals surface area contributed by atoms with Crippen molar-refractivity contribution in [2.24, 2.45) is 0 Å². The summed E-state index contributed by atoms with van der Waals surface area (Å²) in [5, 5.41) is 4.64. The van der Waals surface area contributed by atoms with Crippen LogP contribution < -0.4 is 10.6 Å². The first-order valence-corrected chi connectivity index (χ1v) is 10.5. The number of fused-ring (bicyclic) bond motifs is 1. The van der Waals surface area contributed by atoms with Crippen molar-refractivity contribution in [3.05, 3.63) is 64.7 Å². The van der Waals surface area contributed by atoms with Crippen LogP contribution in [0.1, 0.15) is 39.9 Å². The fraction of sp³-hybridized carbons (Fsp3) is 0.304. The molecule has 0 saturated carbocycles. The zero-order valence-electron chi connectivity index (χ0n) is 18.1. The second kappa shape index (κ2) is 8.90. The van der Waals surface area contributed by atoms with E-state index in [1.165, 1.54) is 13.1 Å². The van der Waals surface area contributed by atoms with Crippen LogP contribution in [0.3, 0.4) is 0 Å². The molecule has 1 fully saturated rings. The molecular weight excluding hydrogens is 453 g/mol. The minimum Gasteiger partial charge on any atom is -0.307 e. The molecule has 11 heteroatoms. The number of nitrogens with zero attached hydrogens (tertiary/aromatic N) is 2. The van der Waals surface area contributed by atoms with Crippen LogP contribution in [0.5, 0.6) is 0 Å². The Labute approximate surface area is 192 Å². The second-order valence-corrected chi connectivity index (χ2v) is 8.19. The molecule has 2 aliphatic rings. The highest BCUT2D eigenvalue weighted by molar-refractivity contribution is 6.08. The third-order valence-corrected chi connectivity index (χ3v) is 5.94. The molecule has 1 unspecified atom stereocenters. The number of rotatable bonds is 3. The van der Waals surface area contributed by atoms with Crippen molar-refractivity contribution < 1.29 is 32.3 Å². The normalized spacial score (nSPS) is 18.3. The number of carbonyl (C=O) groups excluding carboxylic acids is 4. The summed E-state index contributed by atoms with van der Waals surface area (Å²) in [5.41, 5.74) is 0.725. The molecule has 0 spiro atoms. The number of nitrogens with one attached hydrogen (secondary N) is 2. The molecule has 2 aromatic rings. The van der Waals surface area contributed by atoms with E-state index in [0.717, 1.165) is 28.7 Å². The van der Waals surface area contributed by atoms with Gasteiger partial charge in [0, 0.05) is 37.8 Å². The average Bonchev–Trinajstić information content (AvgIpc) is 3.21. The summed E-state index contributed by atoms with van der Waals surface area (Å²) in [6.45, 7) is 0.690. The molecule has 0 bridgehead atoms. The van der Waals surface area contributed by atoms with Gasteiger partial charge in [-0.3, -0.25) is 29.5 Å². The molecule has 2 aromatic carbocycles. The lowest BCUT2D eigenvalue weighted by Crippen LogP contribution is -2.50. The van der Waals surface area contributed by atoms with Gasteiger partial charge in [-0.15, -0.1) is 0 Å². The van der Waals surface area contributed by atoms with Gasteiger partial charge in [0.1, 0.15) is 0 Å². The van der Waals surface area contributed by atoms with E-state index >= 15 is 0 Å². The average molecular weight is 474 g/mol. The van der Waals surface area contributed by atoms with Crippen molar-refractivity contribution in [2.45, 2.75) is 38.1 Å². The van der Waals surface area contributed by atoms with Crippen LogP contribution in [0.4, 0.5) is 23.7 Å². The zero-order valence-corrected chi connectivity index (χ0v) is 18.1. The Morgan fingerprint density at radius 2 is 1.85 bits per heavy atom. The number of imide groups is 2. The first-order chi connectivity index (χ1) is 16.0. The van der Waals surface area contributed by atoms with Gasteiger partial charge in [-0.25, -0.2) is 4.79 Å². The summed E-state index contributed by atoms with van der Waals surface area (Å²) in [5.74, 6) is -1.33. The summed E-state index contributed by atoms with van der Waals surface area (Å²) in [6, 6.07) is 7.78. The van der Waals surface area contributed by atoms with Gasteiger partial charge in [0.15, 0.2) is 0 Å². The van der Waals surface area contributed by atoms with Gasteiger partial charge in [-0.2, -0.15) is 13.2 Å². The Kier molecular flexibility index (Phi) is 6.13. The third kappa shape index (κ3) is 4.65. The first-order valence-electron chi connectivity index (χ1n) is 10.5. The van der Waals surface area contributed by atoms with Gasteiger partial charge in [0.25, 0.3) is 5.91 Å². The third-order valence-electron chi connectivity index (χ3n) is 5.94. The van der Waals surface area contributed by atoms with E-state index in [2.05, 4.69) is 10.6 Å². The van der Waals surface area contributed by atoms with Crippen molar-refractivity contribution in [1.29, 1.82) is 0 Å². The maximum absolute atomic E-state index is 13.1. The maximum atomic E-state index is 13.1. The van der Waals surface area contributed by atoms with Crippen LogP contribution in [0.15, 0.2) is 42.5 Å². The first kappa shape index (κ1) is 23.4. The number of alkyl halides is 3. The van der Waals surface area contributed by atoms with Crippen LogP contribution in [0.2, 0.25) is 0 Å². The molecule has 8 nitrogen and oxygen atoms in total. The molecule has 0 aliphatic carbocycles. The van der Waals surface area contributed by atoms with Gasteiger partial charge in [-0.1, -0.05) is 18.2 Å². The van der Waals surface area contributed by atoms with E-state index in [9.17, 15) is 32.3 Å². The summed E-state index contributed by atoms with van der Waals surface area (Å²) in [7, 11) is 1.23. The van der Waals surface area contributed by atoms with Crippen LogP contribution in [0, 0.1) is 0 Å². The molecule has 1 atom stereocenters.